The minimum absolute atomic E-state index is 0.118. The SMILES string of the molecule is COC(=O)c1ccc(C)c(NC(=O)c2ccc(OCC(F)(F)F)nc2)c1. The highest BCUT2D eigenvalue weighted by atomic mass is 19.4. The van der Waals surface area contributed by atoms with Gasteiger partial charge in [0.25, 0.3) is 5.91 Å². The molecule has 0 fully saturated rings. The van der Waals surface area contributed by atoms with Crippen molar-refractivity contribution in [3.05, 3.63) is 53.2 Å². The molecular weight excluding hydrogens is 353 g/mol. The Balaban J connectivity index is 2.09. The van der Waals surface area contributed by atoms with Gasteiger partial charge in [-0.15, -0.1) is 0 Å². The number of ether oxygens (including phenoxy) is 2. The summed E-state index contributed by atoms with van der Waals surface area (Å²) < 4.78 is 45.4. The standard InChI is InChI=1S/C17H15F3N2O4/c1-10-3-4-11(16(24)25-2)7-13(10)22-15(23)12-5-6-14(21-8-12)26-9-17(18,19)20/h3-8H,9H2,1-2H3,(H,22,23). The number of amides is 1. The molecule has 26 heavy (non-hydrogen) atoms. The molecule has 0 saturated carbocycles. The van der Waals surface area contributed by atoms with Crippen molar-refractivity contribution in [3.63, 3.8) is 0 Å². The van der Waals surface area contributed by atoms with Crippen molar-refractivity contribution < 1.29 is 32.2 Å². The van der Waals surface area contributed by atoms with Gasteiger partial charge in [-0.25, -0.2) is 9.78 Å². The lowest BCUT2D eigenvalue weighted by atomic mass is 10.1. The number of esters is 1. The highest BCUT2D eigenvalue weighted by Gasteiger charge is 2.28. The second-order valence-corrected chi connectivity index (χ2v) is 5.26. The van der Waals surface area contributed by atoms with Gasteiger partial charge in [-0.05, 0) is 30.7 Å². The smallest absolute Gasteiger partial charge is 0.422 e. The molecule has 0 bridgehead atoms. The van der Waals surface area contributed by atoms with E-state index in [0.29, 0.717) is 11.3 Å². The lowest BCUT2D eigenvalue weighted by Crippen LogP contribution is -2.20. The molecule has 0 aliphatic heterocycles. The fourth-order valence-electron chi connectivity index (χ4n) is 1.95. The molecule has 0 aliphatic rings. The van der Waals surface area contributed by atoms with Crippen LogP contribution in [0.5, 0.6) is 5.88 Å². The van der Waals surface area contributed by atoms with Crippen molar-refractivity contribution >= 4 is 17.6 Å². The van der Waals surface area contributed by atoms with Crippen molar-refractivity contribution in [1.29, 1.82) is 0 Å². The van der Waals surface area contributed by atoms with Crippen molar-refractivity contribution in [2.24, 2.45) is 0 Å². The Bertz CT molecular complexity index is 805. The van der Waals surface area contributed by atoms with Gasteiger partial charge in [0.1, 0.15) is 0 Å². The molecule has 0 unspecified atom stereocenters. The van der Waals surface area contributed by atoms with Crippen molar-refractivity contribution in [2.45, 2.75) is 13.1 Å². The first-order valence-corrected chi connectivity index (χ1v) is 7.35. The van der Waals surface area contributed by atoms with Crippen molar-refractivity contribution in [3.8, 4) is 5.88 Å². The number of anilines is 1. The Labute approximate surface area is 146 Å². The number of pyridine rings is 1. The van der Waals surface area contributed by atoms with E-state index in [1.807, 2.05) is 0 Å². The lowest BCUT2D eigenvalue weighted by molar-refractivity contribution is -0.154. The fraction of sp³-hybridized carbons (Fsp3) is 0.235. The van der Waals surface area contributed by atoms with E-state index in [0.717, 1.165) is 6.20 Å². The predicted molar refractivity (Wildman–Crippen MR) is 86.3 cm³/mol. The lowest BCUT2D eigenvalue weighted by Gasteiger charge is -2.11. The third-order valence-corrected chi connectivity index (χ3v) is 3.29. The molecule has 0 saturated heterocycles. The minimum atomic E-state index is -4.47. The number of hydrogen-bond acceptors (Lipinski definition) is 5. The maximum absolute atomic E-state index is 12.3. The molecule has 0 atom stereocenters. The molecule has 0 spiro atoms. The van der Waals surface area contributed by atoms with Crippen LogP contribution in [-0.2, 0) is 4.74 Å². The second kappa shape index (κ2) is 7.85. The number of alkyl halides is 3. The quantitative estimate of drug-likeness (QED) is 0.819. The number of aryl methyl sites for hydroxylation is 1. The Morgan fingerprint density at radius 2 is 1.85 bits per heavy atom. The predicted octanol–water partition coefficient (Wildman–Crippen LogP) is 3.37. The van der Waals surface area contributed by atoms with Gasteiger partial charge in [-0.3, -0.25) is 4.79 Å². The monoisotopic (exact) mass is 368 g/mol. The molecule has 0 aliphatic carbocycles. The van der Waals surface area contributed by atoms with Crippen LogP contribution in [-0.4, -0.2) is 36.8 Å². The van der Waals surface area contributed by atoms with Crippen LogP contribution in [0.2, 0.25) is 0 Å². The van der Waals surface area contributed by atoms with Gasteiger partial charge in [0.05, 0.1) is 18.2 Å². The number of carbonyl (C=O) groups excluding carboxylic acids is 2. The van der Waals surface area contributed by atoms with Crippen LogP contribution in [0.3, 0.4) is 0 Å². The van der Waals surface area contributed by atoms with Crippen LogP contribution in [0.4, 0.5) is 18.9 Å². The summed E-state index contributed by atoms with van der Waals surface area (Å²) in [6.45, 7) is 0.272. The maximum Gasteiger partial charge on any atom is 0.422 e. The number of rotatable bonds is 5. The Hall–Kier alpha value is -3.10. The van der Waals surface area contributed by atoms with Crippen LogP contribution in [0.15, 0.2) is 36.5 Å². The molecule has 1 heterocycles. The third kappa shape index (κ3) is 5.20. The molecule has 6 nitrogen and oxygen atoms in total. The summed E-state index contributed by atoms with van der Waals surface area (Å²) in [5.74, 6) is -1.33. The Morgan fingerprint density at radius 3 is 2.42 bits per heavy atom. The molecule has 1 aromatic heterocycles. The highest BCUT2D eigenvalue weighted by Crippen LogP contribution is 2.20. The number of nitrogens with zero attached hydrogens (tertiary/aromatic N) is 1. The zero-order valence-corrected chi connectivity index (χ0v) is 13.9. The van der Waals surface area contributed by atoms with E-state index in [1.165, 1.54) is 25.3 Å². The largest absolute Gasteiger partial charge is 0.468 e. The Kier molecular flexibility index (Phi) is 5.81. The summed E-state index contributed by atoms with van der Waals surface area (Å²) in [6.07, 6.45) is -3.37. The number of carbonyl (C=O) groups is 2. The highest BCUT2D eigenvalue weighted by molar-refractivity contribution is 6.05. The first kappa shape index (κ1) is 19.2. The van der Waals surface area contributed by atoms with E-state index in [2.05, 4.69) is 19.8 Å². The van der Waals surface area contributed by atoms with E-state index in [-0.39, 0.29) is 17.0 Å². The van der Waals surface area contributed by atoms with Crippen LogP contribution >= 0.6 is 0 Å². The van der Waals surface area contributed by atoms with Crippen LogP contribution in [0.25, 0.3) is 0 Å². The number of methoxy groups -OCH3 is 1. The molecule has 1 N–H and O–H groups in total. The molecule has 9 heteroatoms. The van der Waals surface area contributed by atoms with E-state index in [9.17, 15) is 22.8 Å². The topological polar surface area (TPSA) is 77.5 Å². The molecular formula is C17H15F3N2O4. The summed E-state index contributed by atoms with van der Waals surface area (Å²) >= 11 is 0. The van der Waals surface area contributed by atoms with Gasteiger partial charge in [0, 0.05) is 18.0 Å². The zero-order valence-electron chi connectivity index (χ0n) is 13.9. The van der Waals surface area contributed by atoms with E-state index in [4.69, 9.17) is 0 Å². The van der Waals surface area contributed by atoms with Crippen molar-refractivity contribution in [2.75, 3.05) is 19.0 Å². The third-order valence-electron chi connectivity index (χ3n) is 3.29. The van der Waals surface area contributed by atoms with Gasteiger partial charge in [-0.2, -0.15) is 13.2 Å². The second-order valence-electron chi connectivity index (χ2n) is 5.26. The first-order chi connectivity index (χ1) is 12.2. The number of aromatic nitrogens is 1. The van der Waals surface area contributed by atoms with Gasteiger partial charge in [0.15, 0.2) is 6.61 Å². The molecule has 1 aromatic carbocycles. The Morgan fingerprint density at radius 1 is 1.15 bits per heavy atom. The minimum Gasteiger partial charge on any atom is -0.468 e. The average Bonchev–Trinajstić information content (AvgIpc) is 2.61. The number of hydrogen-bond donors (Lipinski definition) is 1. The number of benzene rings is 1. The van der Waals surface area contributed by atoms with Gasteiger partial charge >= 0.3 is 12.1 Å². The summed E-state index contributed by atoms with van der Waals surface area (Å²) in [4.78, 5) is 27.5. The average molecular weight is 368 g/mol. The fourth-order valence-corrected chi connectivity index (χ4v) is 1.95. The first-order valence-electron chi connectivity index (χ1n) is 7.35. The zero-order chi connectivity index (χ0) is 19.3. The van der Waals surface area contributed by atoms with E-state index >= 15 is 0 Å². The van der Waals surface area contributed by atoms with Crippen LogP contribution in [0, 0.1) is 6.92 Å². The molecule has 0 radical (unpaired) electrons. The van der Waals surface area contributed by atoms with Crippen LogP contribution < -0.4 is 10.1 Å². The van der Waals surface area contributed by atoms with Crippen LogP contribution in [0.1, 0.15) is 26.3 Å². The summed E-state index contributed by atoms with van der Waals surface area (Å²) in [5.41, 5.74) is 1.49. The van der Waals surface area contributed by atoms with E-state index < -0.39 is 24.7 Å². The molecule has 1 amide bonds. The van der Waals surface area contributed by atoms with E-state index in [1.54, 1.807) is 19.1 Å². The maximum atomic E-state index is 12.3. The summed E-state index contributed by atoms with van der Waals surface area (Å²) in [7, 11) is 1.24. The van der Waals surface area contributed by atoms with Gasteiger partial charge in [-0.1, -0.05) is 6.07 Å². The van der Waals surface area contributed by atoms with Gasteiger partial charge < -0.3 is 14.8 Å². The summed E-state index contributed by atoms with van der Waals surface area (Å²) in [5, 5.41) is 2.61. The van der Waals surface area contributed by atoms with Gasteiger partial charge in [0.2, 0.25) is 5.88 Å². The molecule has 2 rings (SSSR count). The number of halogens is 3. The molecule has 2 aromatic rings. The normalized spacial score (nSPS) is 11.0. The number of nitrogens with one attached hydrogen (secondary N) is 1. The summed E-state index contributed by atoms with van der Waals surface area (Å²) in [6, 6.07) is 7.12. The molecule has 138 valence electrons. The van der Waals surface area contributed by atoms with Crippen molar-refractivity contribution in [1.82, 2.24) is 4.98 Å².